The summed E-state index contributed by atoms with van der Waals surface area (Å²) in [4.78, 5) is 10.6. The average molecular weight is 305 g/mol. The molecule has 0 fully saturated rings. The van der Waals surface area contributed by atoms with E-state index in [1.54, 1.807) is 0 Å². The maximum Gasteiger partial charge on any atom is 0.375 e. The molecule has 4 heteroatoms. The van der Waals surface area contributed by atoms with Gasteiger partial charge in [0.2, 0.25) is 0 Å². The molecule has 0 spiro atoms. The monoisotopic (exact) mass is 304 g/mol. The highest BCUT2D eigenvalue weighted by Crippen LogP contribution is 2.33. The van der Waals surface area contributed by atoms with Gasteiger partial charge in [-0.05, 0) is 33.8 Å². The highest BCUT2D eigenvalue weighted by Gasteiger charge is 2.13. The first kappa shape index (κ1) is 14.5. The Morgan fingerprint density at radius 3 is 1.77 bits per heavy atom. The lowest BCUT2D eigenvalue weighted by molar-refractivity contribution is 1.59. The third-order valence-electron chi connectivity index (χ3n) is 3.50. The minimum Gasteiger partial charge on any atom is -0.168 e. The van der Waals surface area contributed by atoms with Crippen LogP contribution in [0.2, 0.25) is 5.02 Å². The summed E-state index contributed by atoms with van der Waals surface area (Å²) in [6, 6.07) is 23.8. The van der Waals surface area contributed by atoms with Gasteiger partial charge in [-0.1, -0.05) is 78.3 Å². The van der Waals surface area contributed by atoms with Crippen LogP contribution in [-0.2, 0) is 0 Å². The molecular formula is C18H12BClNO. The van der Waals surface area contributed by atoms with Crippen LogP contribution in [0.15, 0.2) is 77.9 Å². The van der Waals surface area contributed by atoms with E-state index in [0.29, 0.717) is 10.5 Å². The lowest BCUT2D eigenvalue weighted by atomic mass is 9.80. The fraction of sp³-hybridized carbons (Fsp3) is 0. The van der Waals surface area contributed by atoms with Gasteiger partial charge in [-0.3, -0.25) is 0 Å². The lowest BCUT2D eigenvalue weighted by Gasteiger charge is -2.13. The Labute approximate surface area is 135 Å². The van der Waals surface area contributed by atoms with E-state index in [4.69, 9.17) is 11.6 Å². The fourth-order valence-electron chi connectivity index (χ4n) is 2.46. The van der Waals surface area contributed by atoms with Gasteiger partial charge < -0.3 is 0 Å². The van der Waals surface area contributed by atoms with E-state index in [-0.39, 0.29) is 0 Å². The topological polar surface area (TPSA) is 29.4 Å². The molecule has 3 aromatic carbocycles. The molecule has 0 amide bonds. The van der Waals surface area contributed by atoms with Gasteiger partial charge in [0.25, 0.3) is 0 Å². The Morgan fingerprint density at radius 2 is 1.27 bits per heavy atom. The maximum atomic E-state index is 10.6. The van der Waals surface area contributed by atoms with E-state index in [1.165, 1.54) is 7.41 Å². The van der Waals surface area contributed by atoms with Gasteiger partial charge in [0.1, 0.15) is 0 Å². The second-order valence-electron chi connectivity index (χ2n) is 4.89. The normalized spacial score (nSPS) is 10.2. The van der Waals surface area contributed by atoms with Crippen molar-refractivity contribution in [2.24, 2.45) is 5.09 Å². The Bertz CT molecular complexity index is 791. The van der Waals surface area contributed by atoms with Crippen LogP contribution in [-0.4, -0.2) is 7.41 Å². The molecule has 0 aromatic heterocycles. The van der Waals surface area contributed by atoms with Crippen molar-refractivity contribution in [3.05, 3.63) is 82.7 Å². The van der Waals surface area contributed by atoms with Gasteiger partial charge in [0.05, 0.1) is 0 Å². The molecule has 0 saturated carbocycles. The fourth-order valence-corrected chi connectivity index (χ4v) is 2.67. The molecule has 2 nitrogen and oxygen atoms in total. The number of hydrogen-bond acceptors (Lipinski definition) is 2. The third kappa shape index (κ3) is 2.95. The zero-order valence-corrected chi connectivity index (χ0v) is 12.5. The van der Waals surface area contributed by atoms with Crippen LogP contribution in [0.1, 0.15) is 0 Å². The van der Waals surface area contributed by atoms with Gasteiger partial charge in [0.15, 0.2) is 0 Å². The minimum absolute atomic E-state index is 0.512. The molecular weight excluding hydrogens is 292 g/mol. The van der Waals surface area contributed by atoms with Gasteiger partial charge >= 0.3 is 7.41 Å². The molecule has 3 aromatic rings. The summed E-state index contributed by atoms with van der Waals surface area (Å²) in [6.45, 7) is 0. The molecule has 0 saturated heterocycles. The summed E-state index contributed by atoms with van der Waals surface area (Å²) in [5, 5.41) is 3.36. The van der Waals surface area contributed by atoms with E-state index in [0.717, 1.165) is 22.3 Å². The molecule has 3 rings (SSSR count). The zero-order valence-electron chi connectivity index (χ0n) is 11.7. The molecule has 0 bridgehead atoms. The quantitative estimate of drug-likeness (QED) is 0.508. The smallest absolute Gasteiger partial charge is 0.168 e. The van der Waals surface area contributed by atoms with Crippen molar-refractivity contribution in [1.29, 1.82) is 0 Å². The Hall–Kier alpha value is -2.39. The number of benzene rings is 3. The van der Waals surface area contributed by atoms with Crippen LogP contribution in [0, 0.1) is 4.91 Å². The number of halogens is 1. The Morgan fingerprint density at radius 1 is 0.773 bits per heavy atom. The number of nitrogens with zero attached hydrogens (tertiary/aromatic N) is 1. The number of nitroso groups, excluding NO2 is 1. The summed E-state index contributed by atoms with van der Waals surface area (Å²) in [7, 11) is 1.24. The van der Waals surface area contributed by atoms with Gasteiger partial charge in [-0.25, -0.2) is 0 Å². The first-order valence-corrected chi connectivity index (χ1v) is 7.27. The van der Waals surface area contributed by atoms with Crippen LogP contribution < -0.4 is 5.46 Å². The van der Waals surface area contributed by atoms with Gasteiger partial charge in [-0.2, -0.15) is 4.91 Å². The van der Waals surface area contributed by atoms with Crippen molar-refractivity contribution < 1.29 is 0 Å². The molecule has 1 radical (unpaired) electrons. The summed E-state index contributed by atoms with van der Waals surface area (Å²) >= 11 is 6.29. The van der Waals surface area contributed by atoms with Crippen LogP contribution in [0.25, 0.3) is 22.3 Å². The molecule has 0 heterocycles. The first-order valence-electron chi connectivity index (χ1n) is 6.89. The molecule has 105 valence electrons. The van der Waals surface area contributed by atoms with Crippen LogP contribution in [0.5, 0.6) is 0 Å². The average Bonchev–Trinajstić information content (AvgIpc) is 2.58. The van der Waals surface area contributed by atoms with E-state index in [2.05, 4.69) is 5.09 Å². The largest absolute Gasteiger partial charge is 0.375 e. The SMILES string of the molecule is O=N[B]c1cc(-c2ccccc2)c(-c2ccccc2)cc1Cl. The predicted octanol–water partition coefficient (Wildman–Crippen LogP) is 4.68. The molecule has 0 aliphatic carbocycles. The van der Waals surface area contributed by atoms with Crippen LogP contribution >= 0.6 is 11.6 Å². The second kappa shape index (κ2) is 6.59. The lowest BCUT2D eigenvalue weighted by Crippen LogP contribution is -2.14. The van der Waals surface area contributed by atoms with E-state index >= 15 is 0 Å². The van der Waals surface area contributed by atoms with E-state index < -0.39 is 0 Å². The van der Waals surface area contributed by atoms with E-state index in [9.17, 15) is 4.91 Å². The molecule has 0 atom stereocenters. The molecule has 0 unspecified atom stereocenters. The number of rotatable bonds is 4. The first-order chi connectivity index (χ1) is 10.8. The molecule has 22 heavy (non-hydrogen) atoms. The second-order valence-corrected chi connectivity index (χ2v) is 5.29. The van der Waals surface area contributed by atoms with Gasteiger partial charge in [0, 0.05) is 5.02 Å². The Kier molecular flexibility index (Phi) is 4.35. The Balaban J connectivity index is 2.24. The van der Waals surface area contributed by atoms with Crippen LogP contribution in [0.3, 0.4) is 0 Å². The number of hydrogen-bond donors (Lipinski definition) is 0. The highest BCUT2D eigenvalue weighted by atomic mass is 35.5. The van der Waals surface area contributed by atoms with Crippen LogP contribution in [0.4, 0.5) is 0 Å². The van der Waals surface area contributed by atoms with Crippen molar-refractivity contribution >= 4 is 24.5 Å². The maximum absolute atomic E-state index is 10.6. The summed E-state index contributed by atoms with van der Waals surface area (Å²) < 4.78 is 0. The van der Waals surface area contributed by atoms with Crippen molar-refractivity contribution in [2.45, 2.75) is 0 Å². The van der Waals surface area contributed by atoms with Crippen molar-refractivity contribution in [3.8, 4) is 22.3 Å². The predicted molar refractivity (Wildman–Crippen MR) is 93.5 cm³/mol. The summed E-state index contributed by atoms with van der Waals surface area (Å²) in [5.74, 6) is 0. The van der Waals surface area contributed by atoms with E-state index in [1.807, 2.05) is 72.8 Å². The van der Waals surface area contributed by atoms with Crippen molar-refractivity contribution in [2.75, 3.05) is 0 Å². The van der Waals surface area contributed by atoms with Crippen molar-refractivity contribution in [3.63, 3.8) is 0 Å². The standard InChI is InChI=1S/C18H12BClNO/c20-18-12-16(14-9-5-2-6-10-14)15(11-17(18)19-21-22)13-7-3-1-4-8-13/h1-12H. The molecule has 0 N–H and O–H groups in total. The third-order valence-corrected chi connectivity index (χ3v) is 3.83. The molecule has 0 aliphatic heterocycles. The molecule has 0 aliphatic rings. The minimum atomic E-state index is 0.512. The summed E-state index contributed by atoms with van der Waals surface area (Å²) in [6.07, 6.45) is 0. The highest BCUT2D eigenvalue weighted by molar-refractivity contribution is 6.57. The zero-order chi connectivity index (χ0) is 15.4. The van der Waals surface area contributed by atoms with Gasteiger partial charge in [-0.15, -0.1) is 5.09 Å². The van der Waals surface area contributed by atoms with Crippen molar-refractivity contribution in [1.82, 2.24) is 0 Å². The summed E-state index contributed by atoms with van der Waals surface area (Å²) in [5.41, 5.74) is 4.81.